The van der Waals surface area contributed by atoms with E-state index >= 15 is 0 Å². The maximum atomic E-state index is 12.3. The van der Waals surface area contributed by atoms with E-state index in [4.69, 9.17) is 15.2 Å². The van der Waals surface area contributed by atoms with E-state index in [1.165, 1.54) is 7.11 Å². The molecular formula is C14H26N2O5. The van der Waals surface area contributed by atoms with Crippen LogP contribution in [0.5, 0.6) is 0 Å². The van der Waals surface area contributed by atoms with Gasteiger partial charge < -0.3 is 24.8 Å². The normalized spacial score (nSPS) is 20.8. The van der Waals surface area contributed by atoms with Crippen molar-refractivity contribution in [3.63, 3.8) is 0 Å². The fourth-order valence-corrected chi connectivity index (χ4v) is 2.23. The third-order valence-electron chi connectivity index (χ3n) is 3.30. The van der Waals surface area contributed by atoms with E-state index in [2.05, 4.69) is 4.74 Å². The Labute approximate surface area is 125 Å². The predicted octanol–water partition coefficient (Wildman–Crippen LogP) is 0.760. The molecule has 0 aromatic rings. The number of rotatable bonds is 4. The number of carbonyl (C=O) groups excluding carboxylic acids is 2. The molecule has 0 aromatic carbocycles. The molecule has 1 aliphatic rings. The van der Waals surface area contributed by atoms with Crippen LogP contribution in [0.15, 0.2) is 0 Å². The summed E-state index contributed by atoms with van der Waals surface area (Å²) in [4.78, 5) is 25.4. The molecule has 2 unspecified atom stereocenters. The molecule has 2 atom stereocenters. The van der Waals surface area contributed by atoms with Gasteiger partial charge in [0.15, 0.2) is 0 Å². The highest BCUT2D eigenvalue weighted by Gasteiger charge is 2.36. The third kappa shape index (κ3) is 5.51. The van der Waals surface area contributed by atoms with E-state index in [0.717, 1.165) is 0 Å². The summed E-state index contributed by atoms with van der Waals surface area (Å²) < 4.78 is 15.5. The van der Waals surface area contributed by atoms with Gasteiger partial charge in [-0.2, -0.15) is 0 Å². The minimum Gasteiger partial charge on any atom is -0.469 e. The summed E-state index contributed by atoms with van der Waals surface area (Å²) in [5, 5.41) is 0. The Hall–Kier alpha value is -1.34. The number of esters is 1. The summed E-state index contributed by atoms with van der Waals surface area (Å²) in [6.45, 7) is 6.93. The number of amides is 1. The summed E-state index contributed by atoms with van der Waals surface area (Å²) >= 11 is 0. The van der Waals surface area contributed by atoms with E-state index < -0.39 is 11.7 Å². The van der Waals surface area contributed by atoms with E-state index in [0.29, 0.717) is 19.8 Å². The van der Waals surface area contributed by atoms with Crippen molar-refractivity contribution in [1.29, 1.82) is 0 Å². The Morgan fingerprint density at radius 2 is 2.10 bits per heavy atom. The first kappa shape index (κ1) is 17.7. The highest BCUT2D eigenvalue weighted by atomic mass is 16.6. The Balaban J connectivity index is 2.79. The summed E-state index contributed by atoms with van der Waals surface area (Å²) in [7, 11) is 1.33. The van der Waals surface area contributed by atoms with E-state index in [1.807, 2.05) is 20.8 Å². The molecule has 1 amide bonds. The molecule has 1 heterocycles. The molecular weight excluding hydrogens is 276 g/mol. The van der Waals surface area contributed by atoms with Gasteiger partial charge in [0.1, 0.15) is 5.60 Å². The topological polar surface area (TPSA) is 91.1 Å². The number of carbonyl (C=O) groups is 2. The maximum absolute atomic E-state index is 12.3. The first-order valence-corrected chi connectivity index (χ1v) is 7.12. The molecule has 1 saturated heterocycles. The van der Waals surface area contributed by atoms with Gasteiger partial charge in [0.25, 0.3) is 0 Å². The number of hydrogen-bond acceptors (Lipinski definition) is 6. The lowest BCUT2D eigenvalue weighted by molar-refractivity contribution is -0.143. The van der Waals surface area contributed by atoms with Crippen LogP contribution in [0.3, 0.4) is 0 Å². The van der Waals surface area contributed by atoms with Crippen molar-refractivity contribution in [2.24, 2.45) is 11.7 Å². The molecule has 7 nitrogen and oxygen atoms in total. The molecule has 1 aliphatic heterocycles. The molecule has 2 N–H and O–H groups in total. The van der Waals surface area contributed by atoms with Crippen LogP contribution in [0.4, 0.5) is 4.79 Å². The molecule has 0 aliphatic carbocycles. The molecule has 0 radical (unpaired) electrons. The highest BCUT2D eigenvalue weighted by molar-refractivity contribution is 5.71. The molecule has 0 spiro atoms. The maximum Gasteiger partial charge on any atom is 0.410 e. The van der Waals surface area contributed by atoms with Gasteiger partial charge in [0.05, 0.1) is 32.8 Å². The third-order valence-corrected chi connectivity index (χ3v) is 3.30. The van der Waals surface area contributed by atoms with Gasteiger partial charge in [0.2, 0.25) is 0 Å². The van der Waals surface area contributed by atoms with Crippen LogP contribution in [-0.4, -0.2) is 62.0 Å². The Kier molecular flexibility index (Phi) is 6.42. The SMILES string of the molecule is COC(=O)CC(CN)C1COCCN1C(=O)OC(C)(C)C. The average Bonchev–Trinajstić information content (AvgIpc) is 2.42. The van der Waals surface area contributed by atoms with Gasteiger partial charge >= 0.3 is 12.1 Å². The number of nitrogens with two attached hydrogens (primary N) is 1. The van der Waals surface area contributed by atoms with Gasteiger partial charge in [-0.05, 0) is 27.3 Å². The van der Waals surface area contributed by atoms with Gasteiger partial charge in [-0.1, -0.05) is 0 Å². The lowest BCUT2D eigenvalue weighted by Crippen LogP contribution is -2.55. The number of hydrogen-bond donors (Lipinski definition) is 1. The van der Waals surface area contributed by atoms with Crippen molar-refractivity contribution in [1.82, 2.24) is 4.90 Å². The van der Waals surface area contributed by atoms with E-state index in [9.17, 15) is 9.59 Å². The van der Waals surface area contributed by atoms with Gasteiger partial charge in [-0.15, -0.1) is 0 Å². The van der Waals surface area contributed by atoms with Crippen LogP contribution >= 0.6 is 0 Å². The predicted molar refractivity (Wildman–Crippen MR) is 76.7 cm³/mol. The Bertz CT molecular complexity index is 367. The Morgan fingerprint density at radius 1 is 1.43 bits per heavy atom. The van der Waals surface area contributed by atoms with Gasteiger partial charge in [-0.3, -0.25) is 4.79 Å². The van der Waals surface area contributed by atoms with Gasteiger partial charge in [-0.25, -0.2) is 4.79 Å². The summed E-state index contributed by atoms with van der Waals surface area (Å²) in [6.07, 6.45) is -0.250. The van der Waals surface area contributed by atoms with Crippen molar-refractivity contribution < 1.29 is 23.8 Å². The molecule has 21 heavy (non-hydrogen) atoms. The molecule has 0 bridgehead atoms. The molecule has 7 heteroatoms. The summed E-state index contributed by atoms with van der Waals surface area (Å²) in [5.74, 6) is -0.564. The second-order valence-corrected chi connectivity index (χ2v) is 6.09. The lowest BCUT2D eigenvalue weighted by atomic mass is 9.94. The van der Waals surface area contributed by atoms with Crippen LogP contribution in [0.1, 0.15) is 27.2 Å². The van der Waals surface area contributed by atoms with Crippen LogP contribution in [0, 0.1) is 5.92 Å². The quantitative estimate of drug-likeness (QED) is 0.771. The van der Waals surface area contributed by atoms with Crippen molar-refractivity contribution in [3.05, 3.63) is 0 Å². The first-order valence-electron chi connectivity index (χ1n) is 7.12. The van der Waals surface area contributed by atoms with E-state index in [-0.39, 0.29) is 30.9 Å². The minimum atomic E-state index is -0.569. The average molecular weight is 302 g/mol. The fourth-order valence-electron chi connectivity index (χ4n) is 2.23. The zero-order valence-corrected chi connectivity index (χ0v) is 13.3. The van der Waals surface area contributed by atoms with Crippen molar-refractivity contribution in [2.45, 2.75) is 38.8 Å². The second-order valence-electron chi connectivity index (χ2n) is 6.09. The zero-order valence-electron chi connectivity index (χ0n) is 13.3. The fraction of sp³-hybridized carbons (Fsp3) is 0.857. The largest absolute Gasteiger partial charge is 0.469 e. The summed E-state index contributed by atoms with van der Waals surface area (Å²) in [6, 6.07) is -0.280. The number of methoxy groups -OCH3 is 1. The standard InChI is InChI=1S/C14H26N2O5/c1-14(2,3)21-13(18)16-5-6-20-9-11(16)10(8-15)7-12(17)19-4/h10-11H,5-9,15H2,1-4H3. The molecule has 1 rings (SSSR count). The van der Waals surface area contributed by atoms with Crippen molar-refractivity contribution >= 4 is 12.1 Å². The molecule has 1 fully saturated rings. The van der Waals surface area contributed by atoms with E-state index in [1.54, 1.807) is 4.90 Å². The number of morpholine rings is 1. The smallest absolute Gasteiger partial charge is 0.410 e. The monoisotopic (exact) mass is 302 g/mol. The molecule has 122 valence electrons. The van der Waals surface area contributed by atoms with Crippen LogP contribution in [-0.2, 0) is 19.0 Å². The number of ether oxygens (including phenoxy) is 3. The summed E-state index contributed by atoms with van der Waals surface area (Å²) in [5.41, 5.74) is 5.19. The molecule has 0 aromatic heterocycles. The van der Waals surface area contributed by atoms with Crippen LogP contribution < -0.4 is 5.73 Å². The van der Waals surface area contributed by atoms with Gasteiger partial charge in [0, 0.05) is 12.5 Å². The second kappa shape index (κ2) is 7.61. The van der Waals surface area contributed by atoms with Crippen molar-refractivity contribution in [3.8, 4) is 0 Å². The number of nitrogens with zero attached hydrogens (tertiary/aromatic N) is 1. The molecule has 0 saturated carbocycles. The van der Waals surface area contributed by atoms with Crippen LogP contribution in [0.2, 0.25) is 0 Å². The Morgan fingerprint density at radius 3 is 2.62 bits per heavy atom. The first-order chi connectivity index (χ1) is 9.78. The highest BCUT2D eigenvalue weighted by Crippen LogP contribution is 2.21. The minimum absolute atomic E-state index is 0.153. The lowest BCUT2D eigenvalue weighted by Gasteiger charge is -2.40. The zero-order chi connectivity index (χ0) is 16.0. The van der Waals surface area contributed by atoms with Crippen LogP contribution in [0.25, 0.3) is 0 Å². The van der Waals surface area contributed by atoms with Crippen molar-refractivity contribution in [2.75, 3.05) is 33.4 Å².